The number of rotatable bonds is 5. The summed E-state index contributed by atoms with van der Waals surface area (Å²) < 4.78 is 5.89. The topological polar surface area (TPSA) is 66.8 Å². The summed E-state index contributed by atoms with van der Waals surface area (Å²) in [7, 11) is 0. The van der Waals surface area contributed by atoms with Crippen LogP contribution in [0.25, 0.3) is 0 Å². The summed E-state index contributed by atoms with van der Waals surface area (Å²) in [5.74, 6) is 1.24. The minimum atomic E-state index is -0.651. The number of aliphatic hydroxyl groups excluding tert-OH is 2. The fourth-order valence-corrected chi connectivity index (χ4v) is 8.10. The first-order valence-electron chi connectivity index (χ1n) is 14.1. The first-order valence-corrected chi connectivity index (χ1v) is 14.1. The molecule has 3 aliphatic carbocycles. The molecule has 0 spiro atoms. The van der Waals surface area contributed by atoms with E-state index in [-0.39, 0.29) is 23.4 Å². The molecule has 0 radical (unpaired) electrons. The summed E-state index contributed by atoms with van der Waals surface area (Å²) in [6.07, 6.45) is 10.8. The Kier molecular flexibility index (Phi) is 7.35. The molecule has 0 bridgehead atoms. The van der Waals surface area contributed by atoms with Crippen LogP contribution in [0.4, 0.5) is 0 Å². The molecule has 1 heterocycles. The van der Waals surface area contributed by atoms with Crippen molar-refractivity contribution in [2.24, 2.45) is 23.2 Å². The third kappa shape index (κ3) is 4.91. The highest BCUT2D eigenvalue weighted by Crippen LogP contribution is 2.60. The number of esters is 1. The summed E-state index contributed by atoms with van der Waals surface area (Å²) in [5, 5.41) is 20.4. The maximum Gasteiger partial charge on any atom is 0.334 e. The van der Waals surface area contributed by atoms with Gasteiger partial charge in [0.15, 0.2) is 0 Å². The lowest BCUT2D eigenvalue weighted by atomic mass is 9.60. The Hall–Kier alpha value is -2.43. The number of carbonyl (C=O) groups is 1. The zero-order valence-electron chi connectivity index (χ0n) is 22.4. The van der Waals surface area contributed by atoms with Crippen molar-refractivity contribution >= 4 is 5.97 Å². The molecule has 1 aliphatic heterocycles. The maximum atomic E-state index is 12.5. The van der Waals surface area contributed by atoms with Gasteiger partial charge in [-0.05, 0) is 84.8 Å². The van der Waals surface area contributed by atoms with Crippen LogP contribution in [0, 0.1) is 23.2 Å². The van der Waals surface area contributed by atoms with Gasteiger partial charge in [0.25, 0.3) is 0 Å². The average molecular weight is 503 g/mol. The highest BCUT2D eigenvalue weighted by atomic mass is 16.6. The van der Waals surface area contributed by atoms with Crippen molar-refractivity contribution in [2.75, 3.05) is 0 Å². The molecule has 8 atom stereocenters. The minimum absolute atomic E-state index is 0.0658. The van der Waals surface area contributed by atoms with E-state index < -0.39 is 12.2 Å². The van der Waals surface area contributed by atoms with Gasteiger partial charge in [-0.15, -0.1) is 0 Å². The van der Waals surface area contributed by atoms with Gasteiger partial charge in [-0.2, -0.15) is 0 Å². The molecular formula is C33H42O4. The largest absolute Gasteiger partial charge is 0.458 e. The van der Waals surface area contributed by atoms with Crippen LogP contribution in [0.5, 0.6) is 0 Å². The molecule has 5 rings (SSSR count). The molecule has 4 fully saturated rings. The summed E-state index contributed by atoms with van der Waals surface area (Å²) in [6.45, 7) is 13.0. The van der Waals surface area contributed by atoms with Gasteiger partial charge >= 0.3 is 5.97 Å². The molecule has 4 aliphatic rings. The standard InChI is InChI=1S/C33H42O4/c1-20(17-30-31(22(3)32(36)37-30)24-9-6-5-7-10-24)27-14-15-28-23(11-8-16-33(27,28)4)12-13-25-18-26(34)19-29(35)21(25)2/h5-7,9-10,12-13,20,26-31,34-35H,2-3,8,11,14-19H2,1,4H3/b23-12+,25-13-/t20-,26-,27-,28+,29+,30+,31-,33-/m1/s1. The predicted molar refractivity (Wildman–Crippen MR) is 147 cm³/mol. The van der Waals surface area contributed by atoms with E-state index in [1.807, 2.05) is 18.2 Å². The van der Waals surface area contributed by atoms with E-state index in [9.17, 15) is 15.0 Å². The zero-order valence-corrected chi connectivity index (χ0v) is 22.4. The van der Waals surface area contributed by atoms with Crippen molar-refractivity contribution < 1.29 is 19.7 Å². The van der Waals surface area contributed by atoms with Crippen LogP contribution in [0.1, 0.15) is 76.7 Å². The van der Waals surface area contributed by atoms with Crippen molar-refractivity contribution in [3.8, 4) is 0 Å². The van der Waals surface area contributed by atoms with Crippen molar-refractivity contribution in [1.82, 2.24) is 0 Å². The van der Waals surface area contributed by atoms with E-state index in [4.69, 9.17) is 4.74 Å². The highest BCUT2D eigenvalue weighted by molar-refractivity contribution is 5.92. The number of benzene rings is 1. The van der Waals surface area contributed by atoms with E-state index in [1.54, 1.807) is 0 Å². The van der Waals surface area contributed by atoms with Crippen LogP contribution in [-0.4, -0.2) is 34.5 Å². The number of ether oxygens (including phenoxy) is 1. The molecule has 0 aromatic heterocycles. The van der Waals surface area contributed by atoms with Crippen LogP contribution in [0.2, 0.25) is 0 Å². The fraction of sp³-hybridized carbons (Fsp3) is 0.545. The lowest BCUT2D eigenvalue weighted by Crippen LogP contribution is -2.37. The summed E-state index contributed by atoms with van der Waals surface area (Å²) in [5.41, 5.74) is 5.15. The van der Waals surface area contributed by atoms with Gasteiger partial charge in [0.05, 0.1) is 18.1 Å². The second-order valence-electron chi connectivity index (χ2n) is 12.2. The third-order valence-corrected chi connectivity index (χ3v) is 10.0. The molecule has 1 aromatic carbocycles. The van der Waals surface area contributed by atoms with Crippen LogP contribution >= 0.6 is 0 Å². The number of hydrogen-bond acceptors (Lipinski definition) is 4. The molecule has 0 amide bonds. The van der Waals surface area contributed by atoms with E-state index >= 15 is 0 Å². The van der Waals surface area contributed by atoms with Crippen molar-refractivity contribution in [1.29, 1.82) is 0 Å². The highest BCUT2D eigenvalue weighted by Gasteiger charge is 2.52. The van der Waals surface area contributed by atoms with E-state index in [2.05, 4.69) is 51.3 Å². The lowest BCUT2D eigenvalue weighted by Gasteiger charge is -2.44. The van der Waals surface area contributed by atoms with Crippen molar-refractivity contribution in [3.05, 3.63) is 83.5 Å². The zero-order chi connectivity index (χ0) is 26.3. The monoisotopic (exact) mass is 502 g/mol. The Morgan fingerprint density at radius 1 is 1.14 bits per heavy atom. The Morgan fingerprint density at radius 2 is 1.89 bits per heavy atom. The molecule has 1 saturated heterocycles. The predicted octanol–water partition coefficient (Wildman–Crippen LogP) is 6.42. The van der Waals surface area contributed by atoms with E-state index in [1.165, 1.54) is 31.3 Å². The van der Waals surface area contributed by atoms with Crippen LogP contribution in [0.15, 0.2) is 77.9 Å². The summed E-state index contributed by atoms with van der Waals surface area (Å²) in [4.78, 5) is 12.5. The Balaban J connectivity index is 1.33. The molecule has 0 unspecified atom stereocenters. The minimum Gasteiger partial charge on any atom is -0.458 e. The van der Waals surface area contributed by atoms with Gasteiger partial charge in [-0.25, -0.2) is 4.79 Å². The molecular weight excluding hydrogens is 460 g/mol. The number of fused-ring (bicyclic) bond motifs is 1. The summed E-state index contributed by atoms with van der Waals surface area (Å²) in [6, 6.07) is 10.2. The smallest absolute Gasteiger partial charge is 0.334 e. The normalized spacial score (nSPS) is 39.2. The second-order valence-corrected chi connectivity index (χ2v) is 12.2. The molecule has 4 heteroatoms. The molecule has 3 saturated carbocycles. The molecule has 4 nitrogen and oxygen atoms in total. The molecule has 37 heavy (non-hydrogen) atoms. The van der Waals surface area contributed by atoms with Gasteiger partial charge in [0.1, 0.15) is 6.10 Å². The SMILES string of the molecule is C=C1C(=O)O[C@@H](C[C@@H](C)[C@H]2CC[C@H]3/C(=C/C=C4/C[C@@H](O)C[C@H](O)C4=C)CCC[C@]23C)[C@H]1c1ccccc1. The third-order valence-electron chi connectivity index (χ3n) is 10.0. The molecule has 198 valence electrons. The Morgan fingerprint density at radius 3 is 2.65 bits per heavy atom. The number of cyclic esters (lactones) is 1. The number of allylic oxidation sites excluding steroid dienone is 3. The van der Waals surface area contributed by atoms with Crippen LogP contribution < -0.4 is 0 Å². The number of hydrogen-bond donors (Lipinski definition) is 2. The van der Waals surface area contributed by atoms with Crippen LogP contribution in [-0.2, 0) is 9.53 Å². The van der Waals surface area contributed by atoms with Gasteiger partial charge in [0.2, 0.25) is 0 Å². The second kappa shape index (κ2) is 10.4. The van der Waals surface area contributed by atoms with Crippen molar-refractivity contribution in [3.63, 3.8) is 0 Å². The maximum absolute atomic E-state index is 12.5. The fourth-order valence-electron chi connectivity index (χ4n) is 8.10. The molecule has 2 N–H and O–H groups in total. The summed E-state index contributed by atoms with van der Waals surface area (Å²) >= 11 is 0. The average Bonchev–Trinajstić information content (AvgIpc) is 3.36. The van der Waals surface area contributed by atoms with Crippen LogP contribution in [0.3, 0.4) is 0 Å². The number of carbonyl (C=O) groups excluding carboxylic acids is 1. The Bertz CT molecular complexity index is 1110. The first kappa shape index (κ1) is 26.2. The quantitative estimate of drug-likeness (QED) is 0.360. The van der Waals surface area contributed by atoms with Gasteiger partial charge < -0.3 is 14.9 Å². The van der Waals surface area contributed by atoms with E-state index in [0.29, 0.717) is 36.2 Å². The van der Waals surface area contributed by atoms with Gasteiger partial charge in [0, 0.05) is 12.0 Å². The number of aliphatic hydroxyl groups is 2. The lowest BCUT2D eigenvalue weighted by molar-refractivity contribution is -0.139. The first-order chi connectivity index (χ1) is 17.7. The molecule has 1 aromatic rings. The van der Waals surface area contributed by atoms with Crippen molar-refractivity contribution in [2.45, 2.75) is 89.4 Å². The Labute approximate surface area is 221 Å². The van der Waals surface area contributed by atoms with Gasteiger partial charge in [-0.3, -0.25) is 0 Å². The van der Waals surface area contributed by atoms with E-state index in [0.717, 1.165) is 29.6 Å². The van der Waals surface area contributed by atoms with Gasteiger partial charge in [-0.1, -0.05) is 75.1 Å².